The third-order valence-corrected chi connectivity index (χ3v) is 6.41. The number of fused-ring (bicyclic) bond motifs is 1. The maximum absolute atomic E-state index is 4.83. The highest BCUT2D eigenvalue weighted by atomic mass is 32.1. The molecule has 8 heteroatoms. The summed E-state index contributed by atoms with van der Waals surface area (Å²) in [6.45, 7) is 12.8. The van der Waals surface area contributed by atoms with Crippen LogP contribution in [0.2, 0.25) is 0 Å². The zero-order chi connectivity index (χ0) is 19.7. The van der Waals surface area contributed by atoms with Gasteiger partial charge in [0.05, 0.1) is 22.3 Å². The second-order valence-electron chi connectivity index (χ2n) is 8.21. The van der Waals surface area contributed by atoms with Gasteiger partial charge in [0.15, 0.2) is 11.0 Å². The average Bonchev–Trinajstić information content (AvgIpc) is 3.33. The van der Waals surface area contributed by atoms with E-state index in [-0.39, 0.29) is 12.1 Å². The van der Waals surface area contributed by atoms with Gasteiger partial charge in [0.1, 0.15) is 0 Å². The van der Waals surface area contributed by atoms with Crippen molar-refractivity contribution in [3.63, 3.8) is 0 Å². The fourth-order valence-corrected chi connectivity index (χ4v) is 4.89. The van der Waals surface area contributed by atoms with Gasteiger partial charge >= 0.3 is 0 Å². The van der Waals surface area contributed by atoms with Crippen molar-refractivity contribution >= 4 is 26.7 Å². The quantitative estimate of drug-likeness (QED) is 0.629. The molecule has 28 heavy (non-hydrogen) atoms. The fourth-order valence-electron chi connectivity index (χ4n) is 3.87. The predicted octanol–water partition coefficient (Wildman–Crippen LogP) is 3.77. The minimum atomic E-state index is 0.259. The normalized spacial score (nSPS) is 17.1. The summed E-state index contributed by atoms with van der Waals surface area (Å²) in [5.74, 6) is 1.58. The highest BCUT2D eigenvalue weighted by molar-refractivity contribution is 7.22. The largest absolute Gasteiger partial charge is 0.345 e. The Morgan fingerprint density at radius 3 is 2.46 bits per heavy atom. The van der Waals surface area contributed by atoms with Gasteiger partial charge in [0.25, 0.3) is 0 Å². The molecule has 150 valence electrons. The third kappa shape index (κ3) is 3.89. The van der Waals surface area contributed by atoms with Crippen LogP contribution in [-0.4, -0.2) is 56.3 Å². The molecule has 2 aromatic heterocycles. The molecule has 0 spiro atoms. The number of thiazole rings is 1. The van der Waals surface area contributed by atoms with Crippen LogP contribution in [0.1, 0.15) is 52.0 Å². The predicted molar refractivity (Wildman–Crippen MR) is 114 cm³/mol. The van der Waals surface area contributed by atoms with Crippen molar-refractivity contribution in [1.82, 2.24) is 30.1 Å². The van der Waals surface area contributed by atoms with Crippen molar-refractivity contribution in [3.8, 4) is 0 Å². The number of piperazine rings is 1. The van der Waals surface area contributed by atoms with E-state index in [4.69, 9.17) is 4.98 Å². The maximum Gasteiger partial charge on any atom is 0.186 e. The number of nitrogens with zero attached hydrogens (tertiary/aromatic N) is 7. The molecule has 1 saturated heterocycles. The van der Waals surface area contributed by atoms with Crippen molar-refractivity contribution in [2.75, 3.05) is 31.1 Å². The van der Waals surface area contributed by atoms with E-state index < -0.39 is 0 Å². The molecule has 1 fully saturated rings. The number of para-hydroxylation sites is 1. The molecule has 1 aliphatic rings. The summed E-state index contributed by atoms with van der Waals surface area (Å²) in [6.07, 6.45) is 1.06. The number of anilines is 1. The van der Waals surface area contributed by atoms with Gasteiger partial charge in [0.2, 0.25) is 0 Å². The molecule has 4 rings (SSSR count). The lowest BCUT2D eigenvalue weighted by Crippen LogP contribution is -2.48. The summed E-state index contributed by atoms with van der Waals surface area (Å²) >= 11 is 1.79. The first-order valence-electron chi connectivity index (χ1n) is 10.1. The topological polar surface area (TPSA) is 63.0 Å². The molecule has 0 unspecified atom stereocenters. The molecule has 0 amide bonds. The number of tetrazole rings is 1. The second-order valence-corrected chi connectivity index (χ2v) is 9.22. The highest BCUT2D eigenvalue weighted by Gasteiger charge is 2.31. The van der Waals surface area contributed by atoms with Crippen LogP contribution in [0.15, 0.2) is 24.3 Å². The summed E-state index contributed by atoms with van der Waals surface area (Å²) in [7, 11) is 0. The Morgan fingerprint density at radius 2 is 1.79 bits per heavy atom. The lowest BCUT2D eigenvalue weighted by Gasteiger charge is -2.39. The first-order valence-corrected chi connectivity index (χ1v) is 11.0. The number of hydrogen-bond donors (Lipinski definition) is 0. The summed E-state index contributed by atoms with van der Waals surface area (Å²) in [5.41, 5.74) is 1.10. The van der Waals surface area contributed by atoms with Crippen molar-refractivity contribution in [1.29, 1.82) is 0 Å². The van der Waals surface area contributed by atoms with Crippen molar-refractivity contribution in [2.24, 2.45) is 5.92 Å². The molecule has 0 bridgehead atoms. The highest BCUT2D eigenvalue weighted by Crippen LogP contribution is 2.32. The molecule has 0 saturated carbocycles. The minimum Gasteiger partial charge on any atom is -0.345 e. The van der Waals surface area contributed by atoms with Crippen molar-refractivity contribution in [3.05, 3.63) is 30.1 Å². The van der Waals surface area contributed by atoms with Crippen molar-refractivity contribution < 1.29 is 0 Å². The number of rotatable bonds is 6. The maximum atomic E-state index is 4.83. The molecule has 3 heterocycles. The van der Waals surface area contributed by atoms with Crippen LogP contribution in [0.5, 0.6) is 0 Å². The Bertz CT molecular complexity index is 875. The molecule has 0 N–H and O–H groups in total. The average molecular weight is 400 g/mol. The van der Waals surface area contributed by atoms with E-state index in [9.17, 15) is 0 Å². The first kappa shape index (κ1) is 19.3. The van der Waals surface area contributed by atoms with E-state index in [0.29, 0.717) is 5.92 Å². The van der Waals surface area contributed by atoms with Gasteiger partial charge in [-0.1, -0.05) is 37.3 Å². The molecule has 0 aliphatic carbocycles. The molecule has 3 aromatic rings. The van der Waals surface area contributed by atoms with Crippen LogP contribution < -0.4 is 4.90 Å². The van der Waals surface area contributed by atoms with E-state index in [1.54, 1.807) is 11.3 Å². The standard InChI is InChI=1S/C20H29N7S/c1-14(2)13-17(19-22-23-24-27(19)15(3)4)25-9-11-26(12-10-25)20-21-16-7-5-6-8-18(16)28-20/h5-8,14-15,17H,9-13H2,1-4H3/t17-/m0/s1. The Kier molecular flexibility index (Phi) is 5.59. The summed E-state index contributed by atoms with van der Waals surface area (Å²) in [6, 6.07) is 8.91. The van der Waals surface area contributed by atoms with Crippen LogP contribution in [0.25, 0.3) is 10.2 Å². The van der Waals surface area contributed by atoms with Gasteiger partial charge in [-0.15, -0.1) is 5.10 Å². The lowest BCUT2D eigenvalue weighted by atomic mass is 10.0. The van der Waals surface area contributed by atoms with E-state index in [1.807, 2.05) is 4.68 Å². The van der Waals surface area contributed by atoms with Gasteiger partial charge < -0.3 is 4.90 Å². The number of benzene rings is 1. The Labute approximate surface area is 170 Å². The van der Waals surface area contributed by atoms with Crippen LogP contribution >= 0.6 is 11.3 Å². The molecule has 0 radical (unpaired) electrons. The van der Waals surface area contributed by atoms with Gasteiger partial charge in [-0.05, 0) is 48.7 Å². The summed E-state index contributed by atoms with van der Waals surface area (Å²) in [5, 5.41) is 13.7. The van der Waals surface area contributed by atoms with E-state index in [0.717, 1.165) is 49.1 Å². The monoisotopic (exact) mass is 399 g/mol. The Balaban J connectivity index is 1.50. The molecule has 1 atom stereocenters. The molecule has 1 aliphatic heterocycles. The fraction of sp³-hybridized carbons (Fsp3) is 0.600. The summed E-state index contributed by atoms with van der Waals surface area (Å²) < 4.78 is 3.24. The Hall–Kier alpha value is -2.06. The number of aromatic nitrogens is 5. The van der Waals surface area contributed by atoms with Crippen molar-refractivity contribution in [2.45, 2.75) is 46.2 Å². The molecule has 1 aromatic carbocycles. The molecular weight excluding hydrogens is 370 g/mol. The first-order chi connectivity index (χ1) is 13.5. The van der Waals surface area contributed by atoms with Gasteiger partial charge in [-0.3, -0.25) is 4.90 Å². The molecule has 7 nitrogen and oxygen atoms in total. The van der Waals surface area contributed by atoms with E-state index >= 15 is 0 Å². The minimum absolute atomic E-state index is 0.259. The van der Waals surface area contributed by atoms with Gasteiger partial charge in [-0.2, -0.15) is 0 Å². The second kappa shape index (κ2) is 8.13. The van der Waals surface area contributed by atoms with Crippen LogP contribution in [0, 0.1) is 5.92 Å². The Morgan fingerprint density at radius 1 is 1.04 bits per heavy atom. The summed E-state index contributed by atoms with van der Waals surface area (Å²) in [4.78, 5) is 9.80. The van der Waals surface area contributed by atoms with Gasteiger partial charge in [-0.25, -0.2) is 9.67 Å². The van der Waals surface area contributed by atoms with Crippen LogP contribution in [0.4, 0.5) is 5.13 Å². The zero-order valence-corrected chi connectivity index (χ0v) is 17.9. The third-order valence-electron chi connectivity index (χ3n) is 5.31. The zero-order valence-electron chi connectivity index (χ0n) is 17.1. The SMILES string of the molecule is CC(C)C[C@@H](c1nnnn1C(C)C)N1CCN(c2nc3ccccc3s2)CC1. The van der Waals surface area contributed by atoms with Gasteiger partial charge in [0, 0.05) is 26.2 Å². The number of hydrogen-bond acceptors (Lipinski definition) is 7. The lowest BCUT2D eigenvalue weighted by molar-refractivity contribution is 0.151. The van der Waals surface area contributed by atoms with Crippen LogP contribution in [0.3, 0.4) is 0 Å². The smallest absolute Gasteiger partial charge is 0.186 e. The van der Waals surface area contributed by atoms with E-state index in [2.05, 4.69) is 77.3 Å². The molecular formula is C20H29N7S. The van der Waals surface area contributed by atoms with Crippen LogP contribution in [-0.2, 0) is 0 Å². The van der Waals surface area contributed by atoms with E-state index in [1.165, 1.54) is 4.70 Å².